The third-order valence-corrected chi connectivity index (χ3v) is 4.59. The molecule has 1 N–H and O–H groups in total. The number of rotatable bonds is 10. The lowest BCUT2D eigenvalue weighted by atomic mass is 9.96. The molecule has 0 radical (unpaired) electrons. The topological polar surface area (TPSA) is 47.6 Å². The number of thioether (sulfide) groups is 1. The van der Waals surface area contributed by atoms with E-state index in [2.05, 4.69) is 12.2 Å². The smallest absolute Gasteiger partial charge is 0.325 e. The highest BCUT2D eigenvalue weighted by Crippen LogP contribution is 2.28. The SMILES string of the molecule is COCCCSC(C)CC(C)(NC1CC1)C(=O)OC. The lowest BCUT2D eigenvalue weighted by molar-refractivity contribution is -0.148. The van der Waals surface area contributed by atoms with E-state index in [9.17, 15) is 4.79 Å². The summed E-state index contributed by atoms with van der Waals surface area (Å²) in [5.74, 6) is 0.916. The molecule has 1 aliphatic rings. The van der Waals surface area contributed by atoms with Gasteiger partial charge in [0.15, 0.2) is 0 Å². The molecule has 19 heavy (non-hydrogen) atoms. The highest BCUT2D eigenvalue weighted by Gasteiger charge is 2.40. The highest BCUT2D eigenvalue weighted by atomic mass is 32.2. The Bertz CT molecular complexity index is 284. The monoisotopic (exact) mass is 289 g/mol. The Morgan fingerprint density at radius 3 is 2.68 bits per heavy atom. The van der Waals surface area contributed by atoms with Gasteiger partial charge in [0, 0.05) is 25.0 Å². The zero-order valence-corrected chi connectivity index (χ0v) is 13.3. The summed E-state index contributed by atoms with van der Waals surface area (Å²) in [5, 5.41) is 3.86. The van der Waals surface area contributed by atoms with Crippen LogP contribution in [0.4, 0.5) is 0 Å². The van der Waals surface area contributed by atoms with Gasteiger partial charge in [-0.1, -0.05) is 6.92 Å². The predicted octanol–water partition coefficient (Wildman–Crippen LogP) is 2.22. The maximum absolute atomic E-state index is 12.0. The van der Waals surface area contributed by atoms with E-state index in [1.165, 1.54) is 20.0 Å². The van der Waals surface area contributed by atoms with Crippen LogP contribution >= 0.6 is 11.8 Å². The molecule has 0 aromatic carbocycles. The van der Waals surface area contributed by atoms with E-state index in [4.69, 9.17) is 9.47 Å². The molecule has 0 aromatic heterocycles. The molecule has 4 nitrogen and oxygen atoms in total. The number of ether oxygens (including phenoxy) is 2. The Morgan fingerprint density at radius 1 is 1.47 bits per heavy atom. The Hall–Kier alpha value is -0.260. The van der Waals surface area contributed by atoms with Crippen molar-refractivity contribution in [1.29, 1.82) is 0 Å². The summed E-state index contributed by atoms with van der Waals surface area (Å²) in [4.78, 5) is 12.0. The molecular formula is C14H27NO3S. The molecule has 5 heteroatoms. The fraction of sp³-hybridized carbons (Fsp3) is 0.929. The van der Waals surface area contributed by atoms with Crippen LogP contribution in [0, 0.1) is 0 Å². The van der Waals surface area contributed by atoms with E-state index in [1.807, 2.05) is 18.7 Å². The average molecular weight is 289 g/mol. The normalized spacial score (nSPS) is 19.8. The zero-order chi connectivity index (χ0) is 14.3. The first-order valence-electron chi connectivity index (χ1n) is 6.98. The molecular weight excluding hydrogens is 262 g/mol. The minimum atomic E-state index is -0.552. The number of nitrogens with one attached hydrogen (secondary N) is 1. The van der Waals surface area contributed by atoms with Gasteiger partial charge in [-0.05, 0) is 38.4 Å². The molecule has 112 valence electrons. The van der Waals surface area contributed by atoms with Crippen molar-refractivity contribution in [1.82, 2.24) is 5.32 Å². The Balaban J connectivity index is 2.39. The van der Waals surface area contributed by atoms with E-state index in [0.29, 0.717) is 11.3 Å². The molecule has 0 bridgehead atoms. The molecule has 1 rings (SSSR count). The van der Waals surface area contributed by atoms with Crippen molar-refractivity contribution in [2.45, 2.75) is 56.4 Å². The van der Waals surface area contributed by atoms with Gasteiger partial charge in [-0.3, -0.25) is 10.1 Å². The van der Waals surface area contributed by atoms with Crippen LogP contribution < -0.4 is 5.32 Å². The lowest BCUT2D eigenvalue weighted by Gasteiger charge is -2.30. The van der Waals surface area contributed by atoms with E-state index in [0.717, 1.165) is 25.2 Å². The first-order chi connectivity index (χ1) is 9.01. The van der Waals surface area contributed by atoms with Crippen molar-refractivity contribution in [3.63, 3.8) is 0 Å². The summed E-state index contributed by atoms with van der Waals surface area (Å²) >= 11 is 1.89. The van der Waals surface area contributed by atoms with Crippen molar-refractivity contribution < 1.29 is 14.3 Å². The van der Waals surface area contributed by atoms with Gasteiger partial charge in [-0.15, -0.1) is 0 Å². The quantitative estimate of drug-likeness (QED) is 0.493. The van der Waals surface area contributed by atoms with Gasteiger partial charge in [0.25, 0.3) is 0 Å². The summed E-state index contributed by atoms with van der Waals surface area (Å²) in [7, 11) is 3.19. The zero-order valence-electron chi connectivity index (χ0n) is 12.5. The van der Waals surface area contributed by atoms with E-state index in [1.54, 1.807) is 7.11 Å². The van der Waals surface area contributed by atoms with Crippen LogP contribution in [0.2, 0.25) is 0 Å². The molecule has 0 spiro atoms. The molecule has 1 aliphatic carbocycles. The fourth-order valence-corrected chi connectivity index (χ4v) is 3.36. The number of carbonyl (C=O) groups excluding carboxylic acids is 1. The van der Waals surface area contributed by atoms with E-state index in [-0.39, 0.29) is 5.97 Å². The first kappa shape index (κ1) is 16.8. The Labute approximate surface area is 121 Å². The summed E-state index contributed by atoms with van der Waals surface area (Å²) in [5.41, 5.74) is -0.552. The minimum absolute atomic E-state index is 0.149. The van der Waals surface area contributed by atoms with Gasteiger partial charge < -0.3 is 9.47 Å². The second-order valence-corrected chi connectivity index (χ2v) is 7.02. The molecule has 0 amide bonds. The van der Waals surface area contributed by atoms with E-state index >= 15 is 0 Å². The summed E-state index contributed by atoms with van der Waals surface area (Å²) in [6.45, 7) is 4.94. The third-order valence-electron chi connectivity index (χ3n) is 3.33. The molecule has 0 heterocycles. The molecule has 1 saturated carbocycles. The molecule has 1 fully saturated rings. The second-order valence-electron chi connectivity index (χ2n) is 5.47. The number of hydrogen-bond donors (Lipinski definition) is 1. The third kappa shape index (κ3) is 6.15. The molecule has 0 saturated heterocycles. The lowest BCUT2D eigenvalue weighted by Crippen LogP contribution is -2.52. The summed E-state index contributed by atoms with van der Waals surface area (Å²) in [6, 6.07) is 0.495. The Kier molecular flexibility index (Phi) is 7.18. The van der Waals surface area contributed by atoms with Crippen molar-refractivity contribution in [2.75, 3.05) is 26.6 Å². The van der Waals surface area contributed by atoms with Crippen LogP contribution in [0.15, 0.2) is 0 Å². The first-order valence-corrected chi connectivity index (χ1v) is 8.03. The maximum atomic E-state index is 12.0. The van der Waals surface area contributed by atoms with Crippen molar-refractivity contribution in [3.05, 3.63) is 0 Å². The molecule has 0 aliphatic heterocycles. The predicted molar refractivity (Wildman–Crippen MR) is 79.6 cm³/mol. The standard InChI is InChI=1S/C14H27NO3S/c1-11(19-9-5-8-17-3)10-14(2,13(16)18-4)15-12-6-7-12/h11-12,15H,5-10H2,1-4H3. The molecule has 2 atom stereocenters. The fourth-order valence-electron chi connectivity index (χ4n) is 2.23. The molecule has 2 unspecified atom stereocenters. The Morgan fingerprint density at radius 2 is 2.16 bits per heavy atom. The van der Waals surface area contributed by atoms with Gasteiger partial charge in [-0.2, -0.15) is 11.8 Å². The van der Waals surface area contributed by atoms with E-state index < -0.39 is 5.54 Å². The second kappa shape index (κ2) is 8.12. The van der Waals surface area contributed by atoms with Crippen LogP contribution in [-0.4, -0.2) is 49.4 Å². The summed E-state index contributed by atoms with van der Waals surface area (Å²) in [6.07, 6.45) is 4.19. The van der Waals surface area contributed by atoms with Crippen molar-refractivity contribution in [2.24, 2.45) is 0 Å². The number of esters is 1. The summed E-state index contributed by atoms with van der Waals surface area (Å²) < 4.78 is 10.00. The van der Waals surface area contributed by atoms with Crippen LogP contribution in [0.3, 0.4) is 0 Å². The van der Waals surface area contributed by atoms with Gasteiger partial charge in [-0.25, -0.2) is 0 Å². The van der Waals surface area contributed by atoms with Crippen LogP contribution in [-0.2, 0) is 14.3 Å². The average Bonchev–Trinajstić information content (AvgIpc) is 3.17. The van der Waals surface area contributed by atoms with Crippen LogP contribution in [0.1, 0.15) is 39.5 Å². The van der Waals surface area contributed by atoms with Gasteiger partial charge in [0.05, 0.1) is 7.11 Å². The number of methoxy groups -OCH3 is 2. The van der Waals surface area contributed by atoms with Gasteiger partial charge >= 0.3 is 5.97 Å². The largest absolute Gasteiger partial charge is 0.468 e. The van der Waals surface area contributed by atoms with Crippen molar-refractivity contribution >= 4 is 17.7 Å². The molecule has 0 aromatic rings. The van der Waals surface area contributed by atoms with Crippen molar-refractivity contribution in [3.8, 4) is 0 Å². The maximum Gasteiger partial charge on any atom is 0.325 e. The minimum Gasteiger partial charge on any atom is -0.468 e. The van der Waals surface area contributed by atoms with Crippen LogP contribution in [0.5, 0.6) is 0 Å². The number of carbonyl (C=O) groups is 1. The van der Waals surface area contributed by atoms with Crippen LogP contribution in [0.25, 0.3) is 0 Å². The number of hydrogen-bond acceptors (Lipinski definition) is 5. The van der Waals surface area contributed by atoms with Gasteiger partial charge in [0.1, 0.15) is 5.54 Å². The highest BCUT2D eigenvalue weighted by molar-refractivity contribution is 7.99. The van der Waals surface area contributed by atoms with Gasteiger partial charge in [0.2, 0.25) is 0 Å².